The molecule has 1 amide bonds. The van der Waals surface area contributed by atoms with Crippen LogP contribution in [0.25, 0.3) is 0 Å². The van der Waals surface area contributed by atoms with Crippen LogP contribution in [-0.4, -0.2) is 38.9 Å². The predicted octanol–water partition coefficient (Wildman–Crippen LogP) is 7.19. The summed E-state index contributed by atoms with van der Waals surface area (Å²) in [5.41, 5.74) is -0.0534. The zero-order valence-electron chi connectivity index (χ0n) is 34.8. The third kappa shape index (κ3) is 15.1. The van der Waals surface area contributed by atoms with E-state index in [1.165, 1.54) is 13.0 Å². The SMILES string of the molecule is CC(O)=C(N=Nc1cc(S(=O)(=O)Nc2ccccc2)ccc1O)C(=O)Nc1ccccc1.CC([O-])=C(N=Nc1cc(S(=O)(=O)Nc2ccccc2)ccc1[O-])C([O-])=Nc1ccccc1.N.[Co+3]. The summed E-state index contributed by atoms with van der Waals surface area (Å²) in [7, 11) is -7.98. The molecular weight excluding hydrogens is 938 g/mol. The predicted molar refractivity (Wildman–Crippen MR) is 239 cm³/mol. The summed E-state index contributed by atoms with van der Waals surface area (Å²) in [6.07, 6.45) is 0. The van der Waals surface area contributed by atoms with Crippen LogP contribution in [0.2, 0.25) is 0 Å². The van der Waals surface area contributed by atoms with E-state index in [-0.39, 0.29) is 49.8 Å². The number of amides is 1. The standard InChI is InChI=1S/2C22H20N4O5S.Co.H3N/c2*1-15(27)21(22(29)23-16-8-4-2-5-9-16)25-24-19-14-18(12-13-20(19)28)32(30,31)26-17-10-6-3-7-11-17;;/h2*2-14,26-28H,1H3,(H,23,29);;1H3/q;;+3;/p-3. The zero-order valence-corrected chi connectivity index (χ0v) is 37.4. The van der Waals surface area contributed by atoms with Gasteiger partial charge in [0.2, 0.25) is 0 Å². The maximum absolute atomic E-state index is 12.6. The first-order chi connectivity index (χ1) is 30.5. The Labute approximate surface area is 390 Å². The third-order valence-corrected chi connectivity index (χ3v) is 10.9. The number of para-hydroxylation sites is 4. The molecule has 0 radical (unpaired) electrons. The van der Waals surface area contributed by atoms with Gasteiger partial charge in [0, 0.05) is 23.0 Å². The number of sulfonamides is 2. The minimum Gasteiger partial charge on any atom is -0.874 e. The van der Waals surface area contributed by atoms with Gasteiger partial charge in [0.15, 0.2) is 5.70 Å². The Morgan fingerprint density at radius 1 is 0.591 bits per heavy atom. The van der Waals surface area contributed by atoms with Crippen LogP contribution in [0.1, 0.15) is 13.8 Å². The van der Waals surface area contributed by atoms with E-state index in [2.05, 4.69) is 40.2 Å². The van der Waals surface area contributed by atoms with E-state index in [0.717, 1.165) is 37.3 Å². The number of aliphatic imine (C=N–C) groups is 1. The minimum atomic E-state index is -4.01. The number of hydrogen-bond donors (Lipinski definition) is 6. The van der Waals surface area contributed by atoms with Crippen LogP contribution in [0.4, 0.5) is 34.1 Å². The fraction of sp³-hybridized carbons (Fsp3) is 0.0455. The monoisotopic (exact) mass is 977 g/mol. The summed E-state index contributed by atoms with van der Waals surface area (Å²) in [6.45, 7) is 2.36. The van der Waals surface area contributed by atoms with E-state index in [0.29, 0.717) is 22.7 Å². The van der Waals surface area contributed by atoms with Gasteiger partial charge in [-0.1, -0.05) is 91.5 Å². The van der Waals surface area contributed by atoms with Gasteiger partial charge in [-0.25, -0.2) is 16.8 Å². The average Bonchev–Trinajstić information content (AvgIpc) is 3.26. The Morgan fingerprint density at radius 3 is 1.50 bits per heavy atom. The molecule has 66 heavy (non-hydrogen) atoms. The van der Waals surface area contributed by atoms with Gasteiger partial charge in [0.1, 0.15) is 17.2 Å². The fourth-order valence-electron chi connectivity index (χ4n) is 5.07. The van der Waals surface area contributed by atoms with Gasteiger partial charge in [0.25, 0.3) is 26.0 Å². The van der Waals surface area contributed by atoms with Crippen molar-refractivity contribution in [3.63, 3.8) is 0 Å². The number of phenolic OH excluding ortho intramolecular Hbond substituents is 1. The Kier molecular flexibility index (Phi) is 19.3. The maximum Gasteiger partial charge on any atom is 3.00 e. The molecule has 6 aromatic rings. The zero-order chi connectivity index (χ0) is 46.3. The topological polar surface area (TPSA) is 328 Å². The first-order valence-corrected chi connectivity index (χ1v) is 21.6. The van der Waals surface area contributed by atoms with E-state index in [4.69, 9.17) is 0 Å². The first-order valence-electron chi connectivity index (χ1n) is 18.6. The molecule has 0 aliphatic carbocycles. The van der Waals surface area contributed by atoms with Gasteiger partial charge in [0.05, 0.1) is 26.9 Å². The van der Waals surface area contributed by atoms with Crippen molar-refractivity contribution in [2.24, 2.45) is 25.4 Å². The molecule has 0 atom stereocenters. The van der Waals surface area contributed by atoms with E-state index in [1.807, 2.05) is 0 Å². The molecule has 0 heterocycles. The molecule has 8 N–H and O–H groups in total. The molecule has 6 aromatic carbocycles. The number of carbonyl (C=O) groups excluding carboxylic acids is 1. The summed E-state index contributed by atoms with van der Waals surface area (Å²) < 4.78 is 55.3. The van der Waals surface area contributed by atoms with E-state index in [9.17, 15) is 47.2 Å². The molecule has 0 spiro atoms. The molecule has 0 aromatic heterocycles. The van der Waals surface area contributed by atoms with Crippen molar-refractivity contribution < 1.29 is 63.9 Å². The van der Waals surface area contributed by atoms with Gasteiger partial charge in [-0.3, -0.25) is 19.2 Å². The molecule has 0 bridgehead atoms. The molecule has 0 aliphatic rings. The van der Waals surface area contributed by atoms with Crippen molar-refractivity contribution in [2.75, 3.05) is 14.8 Å². The van der Waals surface area contributed by atoms with Crippen molar-refractivity contribution in [3.05, 3.63) is 181 Å². The van der Waals surface area contributed by atoms with Crippen LogP contribution in [0, 0.1) is 0 Å². The van der Waals surface area contributed by atoms with Crippen molar-refractivity contribution in [2.45, 2.75) is 23.6 Å². The van der Waals surface area contributed by atoms with Crippen molar-refractivity contribution in [3.8, 4) is 11.5 Å². The Hall–Kier alpha value is -7.89. The van der Waals surface area contributed by atoms with Crippen LogP contribution in [0.3, 0.4) is 0 Å². The van der Waals surface area contributed by atoms with Crippen molar-refractivity contribution >= 4 is 66.0 Å². The summed E-state index contributed by atoms with van der Waals surface area (Å²) >= 11 is 0. The number of rotatable bonds is 14. The second-order valence-corrected chi connectivity index (χ2v) is 16.4. The van der Waals surface area contributed by atoms with Crippen LogP contribution in [0.5, 0.6) is 11.5 Å². The average molecular weight is 978 g/mol. The van der Waals surface area contributed by atoms with Gasteiger partial charge in [-0.2, -0.15) is 10.2 Å². The molecule has 0 aliphatic heterocycles. The number of hydrogen-bond acceptors (Lipinski definition) is 16. The quantitative estimate of drug-likeness (QED) is 0.0208. The number of aliphatic hydroxyl groups is 1. The molecule has 19 nitrogen and oxygen atoms in total. The van der Waals surface area contributed by atoms with Crippen LogP contribution >= 0.6 is 0 Å². The Morgan fingerprint density at radius 2 is 1.02 bits per heavy atom. The fourth-order valence-corrected chi connectivity index (χ4v) is 7.23. The van der Waals surface area contributed by atoms with Gasteiger partial charge < -0.3 is 37.0 Å². The molecule has 342 valence electrons. The Bertz CT molecular complexity index is 2970. The van der Waals surface area contributed by atoms with E-state index >= 15 is 0 Å². The summed E-state index contributed by atoms with van der Waals surface area (Å²) in [6, 6.07) is 39.8. The summed E-state index contributed by atoms with van der Waals surface area (Å²) in [5.74, 6) is -3.77. The molecule has 0 unspecified atom stereocenters. The van der Waals surface area contributed by atoms with Crippen molar-refractivity contribution in [1.29, 1.82) is 0 Å². The number of aromatic hydroxyl groups is 1. The van der Waals surface area contributed by atoms with Gasteiger partial charge >= 0.3 is 16.8 Å². The number of anilines is 3. The largest absolute Gasteiger partial charge is 3.00 e. The van der Waals surface area contributed by atoms with E-state index < -0.39 is 60.5 Å². The molecule has 0 fully saturated rings. The van der Waals surface area contributed by atoms with Gasteiger partial charge in [-0.05, 0) is 85.8 Å². The molecule has 22 heteroatoms. The number of carbonyl (C=O) groups is 1. The number of nitrogens with one attached hydrogen (secondary N) is 3. The molecule has 0 saturated carbocycles. The molecular formula is C44H40CoN9O10S2. The van der Waals surface area contributed by atoms with Crippen LogP contribution < -0.4 is 36.2 Å². The second kappa shape index (κ2) is 24.2. The smallest absolute Gasteiger partial charge is 0.874 e. The normalized spacial score (nSPS) is 12.3. The molecule has 6 rings (SSSR count). The Balaban J connectivity index is 0.000000340. The summed E-state index contributed by atoms with van der Waals surface area (Å²) in [4.78, 5) is 15.8. The number of aliphatic hydroxyl groups excluding tert-OH is 1. The third-order valence-electron chi connectivity index (χ3n) is 8.18. The number of azo groups is 2. The van der Waals surface area contributed by atoms with Gasteiger partial charge in [-0.15, -0.1) is 16.0 Å². The van der Waals surface area contributed by atoms with Crippen molar-refractivity contribution in [1.82, 2.24) is 6.15 Å². The number of benzene rings is 6. The summed E-state index contributed by atoms with van der Waals surface area (Å²) in [5, 5.41) is 73.5. The van der Waals surface area contributed by atoms with Crippen LogP contribution in [0.15, 0.2) is 216 Å². The minimum absolute atomic E-state index is 0. The molecule has 0 saturated heterocycles. The maximum atomic E-state index is 12.6. The number of phenols is 1. The first kappa shape index (κ1) is 52.5. The van der Waals surface area contributed by atoms with Crippen LogP contribution in [-0.2, 0) is 41.6 Å². The van der Waals surface area contributed by atoms with E-state index in [1.54, 1.807) is 121 Å². The number of nitrogens with zero attached hydrogens (tertiary/aromatic N) is 5. The second-order valence-electron chi connectivity index (χ2n) is 13.0. The number of allylic oxidation sites excluding steroid dienone is 2.